The second-order valence-corrected chi connectivity index (χ2v) is 0. The van der Waals surface area contributed by atoms with Gasteiger partial charge in [0.1, 0.15) is 0 Å². The minimum absolute atomic E-state index is 0. The topological polar surface area (TPSA) is 0 Å². The van der Waals surface area contributed by atoms with Gasteiger partial charge in [-0.2, -0.15) is 0 Å². The van der Waals surface area contributed by atoms with Crippen LogP contribution in [-0.4, -0.2) is 0 Å². The van der Waals surface area contributed by atoms with Gasteiger partial charge in [0.25, 0.3) is 0 Å². The molecule has 0 aromatic rings. The zero-order valence-corrected chi connectivity index (χ0v) is 10.2. The molecule has 0 saturated carbocycles. The Labute approximate surface area is 116 Å². The van der Waals surface area contributed by atoms with E-state index in [2.05, 4.69) is 0 Å². The molecule has 0 saturated heterocycles. The van der Waals surface area contributed by atoms with E-state index in [4.69, 9.17) is 0 Å². The second kappa shape index (κ2) is 16.0. The van der Waals surface area contributed by atoms with Crippen LogP contribution in [0.1, 0.15) is 1.43 Å². The van der Waals surface area contributed by atoms with Crippen molar-refractivity contribution >= 4 is 24.8 Å². The van der Waals surface area contributed by atoms with Crippen LogP contribution in [0.5, 0.6) is 0 Å². The fourth-order valence-electron chi connectivity index (χ4n) is 0. The molecule has 0 aliphatic rings. The molecule has 0 aromatic heterocycles. The Balaban J connectivity index is 0. The maximum atomic E-state index is 0. The van der Waals surface area contributed by atoms with Gasteiger partial charge in [0.15, 0.2) is 0 Å². The summed E-state index contributed by atoms with van der Waals surface area (Å²) in [7, 11) is 0. The van der Waals surface area contributed by atoms with Gasteiger partial charge < -0.3 is 1.43 Å². The third kappa shape index (κ3) is 9.14. The zero-order valence-electron chi connectivity index (χ0n) is 3.32. The normalized spacial score (nSPS) is 0. The molecule has 0 N–H and O–H groups in total. The van der Waals surface area contributed by atoms with Gasteiger partial charge in [-0.25, -0.2) is 0 Å². The van der Waals surface area contributed by atoms with Gasteiger partial charge >= 0.3 is 51.4 Å². The molecule has 0 rings (SSSR count). The molecule has 0 bridgehead atoms. The molecule has 0 unspecified atom stereocenters. The summed E-state index contributed by atoms with van der Waals surface area (Å²) in [6, 6.07) is 0. The van der Waals surface area contributed by atoms with Crippen molar-refractivity contribution in [3.63, 3.8) is 0 Å². The first kappa shape index (κ1) is 25.6. The molecular weight excluding hydrogens is 250 g/mol. The molecule has 22 valence electrons. The zero-order chi connectivity index (χ0) is 0. The number of hydrogen-bond acceptors (Lipinski definition) is 0. The Hall–Kier alpha value is 3.59. The minimum atomic E-state index is 0. The predicted octanol–water partition coefficient (Wildman–Crippen LogP) is -2.04. The number of hydrogen-bond donors (Lipinski definition) is 0. The summed E-state index contributed by atoms with van der Waals surface area (Å²) >= 11 is 0. The minimum Gasteiger partial charge on any atom is -1.00 e. The molecule has 0 amide bonds. The molecule has 0 aliphatic heterocycles. The fourth-order valence-corrected chi connectivity index (χ4v) is 0. The summed E-state index contributed by atoms with van der Waals surface area (Å²) in [5.74, 6) is 0. The van der Waals surface area contributed by atoms with E-state index in [0.29, 0.717) is 0 Å². The number of halogens is 2. The Bertz CT molecular complexity index is 9.61. The van der Waals surface area contributed by atoms with Crippen molar-refractivity contribution in [3.8, 4) is 0 Å². The third-order valence-corrected chi connectivity index (χ3v) is 0. The Morgan fingerprint density at radius 3 is 1.00 bits per heavy atom. The molecule has 0 heterocycles. The molecular formula is H3CeCl2K. The molecule has 0 radical (unpaired) electrons. The van der Waals surface area contributed by atoms with E-state index in [1.165, 1.54) is 0 Å². The first-order valence-electron chi connectivity index (χ1n) is 0. The summed E-state index contributed by atoms with van der Waals surface area (Å²) in [6.45, 7) is 0. The Morgan fingerprint density at radius 2 is 1.00 bits per heavy atom. The molecule has 0 aromatic carbocycles. The quantitative estimate of drug-likeness (QED) is 0.436. The average molecular weight is 253 g/mol. The molecule has 0 spiro atoms. The van der Waals surface area contributed by atoms with Gasteiger partial charge in [-0.15, -0.1) is 24.8 Å². The smallest absolute Gasteiger partial charge is 1.00 e. The van der Waals surface area contributed by atoms with Crippen LogP contribution in [0.2, 0.25) is 0 Å². The first-order valence-corrected chi connectivity index (χ1v) is 0. The van der Waals surface area contributed by atoms with Crippen LogP contribution < -0.4 is 51.4 Å². The predicted molar refractivity (Wildman–Crippen MR) is 15.6 cm³/mol. The summed E-state index contributed by atoms with van der Waals surface area (Å²) in [6.07, 6.45) is 0. The van der Waals surface area contributed by atoms with Crippen molar-refractivity contribution in [2.24, 2.45) is 0 Å². The van der Waals surface area contributed by atoms with Crippen LogP contribution in [0.15, 0.2) is 0 Å². The van der Waals surface area contributed by atoms with Gasteiger partial charge in [-0.3, -0.25) is 0 Å². The third-order valence-electron chi connectivity index (χ3n) is 0. The van der Waals surface area contributed by atoms with Crippen molar-refractivity contribution in [3.05, 3.63) is 0 Å². The van der Waals surface area contributed by atoms with E-state index < -0.39 is 0 Å². The molecule has 0 aliphatic carbocycles. The van der Waals surface area contributed by atoms with Crippen LogP contribution >= 0.6 is 24.8 Å². The van der Waals surface area contributed by atoms with Crippen LogP contribution in [0.4, 0.5) is 0 Å². The van der Waals surface area contributed by atoms with Crippen molar-refractivity contribution in [1.82, 2.24) is 0 Å². The fraction of sp³-hybridized carbons (Fsp3) is 0. The maximum Gasteiger partial charge on any atom is 1.00 e. The van der Waals surface area contributed by atoms with Gasteiger partial charge in [0.05, 0.1) is 0 Å². The first-order chi connectivity index (χ1) is 0. The van der Waals surface area contributed by atoms with Crippen LogP contribution in [0.25, 0.3) is 0 Å². The van der Waals surface area contributed by atoms with E-state index in [0.717, 1.165) is 0 Å². The van der Waals surface area contributed by atoms with Gasteiger partial charge in [-0.1, -0.05) is 0 Å². The van der Waals surface area contributed by atoms with Crippen LogP contribution in [0.3, 0.4) is 0 Å². The summed E-state index contributed by atoms with van der Waals surface area (Å²) in [5, 5.41) is 0. The van der Waals surface area contributed by atoms with Crippen molar-refractivity contribution in [2.75, 3.05) is 0 Å². The summed E-state index contributed by atoms with van der Waals surface area (Å²) < 4.78 is 0. The largest absolute Gasteiger partial charge is 1.00 e. The standard InChI is InChI=1S/Ce.2ClH.K.H/h;2*1H;;/q;;;+1;-1. The maximum absolute atomic E-state index is 0. The monoisotopic (exact) mass is 252 g/mol. The molecule has 0 atom stereocenters. The van der Waals surface area contributed by atoms with Gasteiger partial charge in [0.2, 0.25) is 0 Å². The Morgan fingerprint density at radius 1 is 1.00 bits per heavy atom. The summed E-state index contributed by atoms with van der Waals surface area (Å²) in [4.78, 5) is 0. The van der Waals surface area contributed by atoms with E-state index in [1.807, 2.05) is 0 Å². The molecule has 0 fully saturated rings. The van der Waals surface area contributed by atoms with E-state index in [9.17, 15) is 0 Å². The van der Waals surface area contributed by atoms with Crippen molar-refractivity contribution < 1.29 is 94.6 Å². The SMILES string of the molecule is Cl.Cl.[Ce].[H-].[K+]. The van der Waals surface area contributed by atoms with Crippen molar-refractivity contribution in [2.45, 2.75) is 0 Å². The van der Waals surface area contributed by atoms with Gasteiger partial charge in [-0.05, 0) is 0 Å². The van der Waals surface area contributed by atoms with E-state index in [-0.39, 0.29) is 119 Å². The van der Waals surface area contributed by atoms with Crippen LogP contribution in [0, 0.1) is 41.7 Å². The van der Waals surface area contributed by atoms with E-state index in [1.54, 1.807) is 0 Å². The van der Waals surface area contributed by atoms with E-state index >= 15 is 0 Å². The molecule has 0 nitrogen and oxygen atoms in total. The van der Waals surface area contributed by atoms with Crippen molar-refractivity contribution in [1.29, 1.82) is 0 Å². The number of rotatable bonds is 0. The van der Waals surface area contributed by atoms with Crippen LogP contribution in [-0.2, 0) is 0 Å². The average Bonchev–Trinajstić information content (AvgIpc) is 0. The second-order valence-electron chi connectivity index (χ2n) is 0. The Kier molecular flexibility index (Phi) is 102. The molecule has 4 heavy (non-hydrogen) atoms. The molecule has 4 heteroatoms. The summed E-state index contributed by atoms with van der Waals surface area (Å²) in [5.41, 5.74) is 0. The van der Waals surface area contributed by atoms with Gasteiger partial charge in [0, 0.05) is 41.7 Å².